The Morgan fingerprint density at radius 1 is 1.00 bits per heavy atom. The molecular formula is C12H26O2Sn. The molecule has 2 N–H and O–H groups in total. The normalized spacial score (nSPS) is 9.33. The zero-order valence-electron chi connectivity index (χ0n) is 10.3. The van der Waals surface area contributed by atoms with Gasteiger partial charge in [0.15, 0.2) is 0 Å². The quantitative estimate of drug-likeness (QED) is 0.410. The maximum atomic E-state index is 8.08. The third-order valence-electron chi connectivity index (χ3n) is 1.86. The molecule has 0 aromatic rings. The van der Waals surface area contributed by atoms with Gasteiger partial charge < -0.3 is 10.2 Å². The Hall–Kier alpha value is 0.459. The molecule has 0 saturated carbocycles. The first-order valence-corrected chi connectivity index (χ1v) is 9.85. The Morgan fingerprint density at radius 2 is 1.40 bits per heavy atom. The minimum absolute atomic E-state index is 0.115. The van der Waals surface area contributed by atoms with Gasteiger partial charge in [-0.2, -0.15) is 0 Å². The second-order valence-electron chi connectivity index (χ2n) is 3.52. The van der Waals surface area contributed by atoms with Gasteiger partial charge in [0, 0.05) is 0 Å². The first kappa shape index (κ1) is 17.8. The van der Waals surface area contributed by atoms with Gasteiger partial charge in [-0.3, -0.25) is 0 Å². The van der Waals surface area contributed by atoms with Crippen molar-refractivity contribution < 1.29 is 10.2 Å². The second kappa shape index (κ2) is 16.9. The summed E-state index contributed by atoms with van der Waals surface area (Å²) in [5.41, 5.74) is 0.454. The molecule has 0 aromatic carbocycles. The molecule has 0 rings (SSSR count). The molecule has 90 valence electrons. The molecule has 0 fully saturated rings. The van der Waals surface area contributed by atoms with Crippen LogP contribution in [0.25, 0.3) is 0 Å². The standard InChI is InChI=1S/C4H8O2.2C4H9.Sn/c1-4(2-5)3-6;2*1-3-4-2;/h5-6H,1-3H2;2*1,3-4H2,2H3;. The van der Waals surface area contributed by atoms with Gasteiger partial charge in [0.25, 0.3) is 0 Å². The van der Waals surface area contributed by atoms with E-state index in [1.165, 1.54) is 25.7 Å². The Kier molecular flexibility index (Phi) is 20.1. The van der Waals surface area contributed by atoms with E-state index in [1.54, 1.807) is 8.87 Å². The molecule has 2 nitrogen and oxygen atoms in total. The van der Waals surface area contributed by atoms with Gasteiger partial charge in [-0.05, 0) is 5.57 Å². The molecule has 0 aliphatic heterocycles. The summed E-state index contributed by atoms with van der Waals surface area (Å²) in [7, 11) is 0. The molecule has 0 bridgehead atoms. The molecule has 0 aliphatic rings. The van der Waals surface area contributed by atoms with E-state index in [4.69, 9.17) is 10.2 Å². The first-order chi connectivity index (χ1) is 7.22. The van der Waals surface area contributed by atoms with E-state index in [-0.39, 0.29) is 34.4 Å². The molecule has 0 aromatic heterocycles. The summed E-state index contributed by atoms with van der Waals surface area (Å²) in [5.74, 6) is 0. The van der Waals surface area contributed by atoms with Crippen LogP contribution in [0.1, 0.15) is 39.5 Å². The zero-order chi connectivity index (χ0) is 11.9. The predicted octanol–water partition coefficient (Wildman–Crippen LogP) is 2.65. The third-order valence-corrected chi connectivity index (χ3v) is 5.90. The van der Waals surface area contributed by atoms with Gasteiger partial charge in [0.05, 0.1) is 13.2 Å². The molecule has 0 heterocycles. The van der Waals surface area contributed by atoms with Crippen molar-refractivity contribution in [2.24, 2.45) is 0 Å². The second-order valence-corrected chi connectivity index (χ2v) is 7.80. The van der Waals surface area contributed by atoms with Crippen molar-refractivity contribution in [3.05, 3.63) is 12.2 Å². The molecule has 0 atom stereocenters. The van der Waals surface area contributed by atoms with Crippen LogP contribution >= 0.6 is 0 Å². The summed E-state index contributed by atoms with van der Waals surface area (Å²) in [6.07, 6.45) is 5.84. The average molecular weight is 321 g/mol. The van der Waals surface area contributed by atoms with Gasteiger partial charge in [0.2, 0.25) is 0 Å². The summed E-state index contributed by atoms with van der Waals surface area (Å²) in [5, 5.41) is 16.2. The SMILES string of the molecule is C=C(CO)CO.CCC[CH2][Sn][CH2]CCC. The van der Waals surface area contributed by atoms with Gasteiger partial charge in [0.1, 0.15) is 0 Å². The molecular weight excluding hydrogens is 295 g/mol. The monoisotopic (exact) mass is 322 g/mol. The van der Waals surface area contributed by atoms with E-state index in [9.17, 15) is 0 Å². The summed E-state index contributed by atoms with van der Waals surface area (Å²) < 4.78 is 3.25. The molecule has 3 heteroatoms. The predicted molar refractivity (Wildman–Crippen MR) is 68.5 cm³/mol. The number of unbranched alkanes of at least 4 members (excludes halogenated alkanes) is 2. The fraction of sp³-hybridized carbons (Fsp3) is 0.833. The molecule has 2 radical (unpaired) electrons. The molecule has 15 heavy (non-hydrogen) atoms. The van der Waals surface area contributed by atoms with E-state index in [0.717, 1.165) is 0 Å². The van der Waals surface area contributed by atoms with Crippen LogP contribution in [0.5, 0.6) is 0 Å². The van der Waals surface area contributed by atoms with Crippen LogP contribution in [0.3, 0.4) is 0 Å². The Bertz CT molecular complexity index is 115. The van der Waals surface area contributed by atoms with Crippen molar-refractivity contribution in [1.29, 1.82) is 0 Å². The van der Waals surface area contributed by atoms with E-state index < -0.39 is 0 Å². The summed E-state index contributed by atoms with van der Waals surface area (Å²) >= 11 is 0.149. The number of aliphatic hydroxyl groups is 2. The Morgan fingerprint density at radius 3 is 1.60 bits per heavy atom. The zero-order valence-corrected chi connectivity index (χ0v) is 13.1. The third kappa shape index (κ3) is 20.5. The van der Waals surface area contributed by atoms with Gasteiger partial charge in [-0.1, -0.05) is 6.58 Å². The number of hydrogen-bond acceptors (Lipinski definition) is 2. The Labute approximate surface area is 105 Å². The van der Waals surface area contributed by atoms with E-state index in [2.05, 4.69) is 20.4 Å². The number of rotatable bonds is 8. The van der Waals surface area contributed by atoms with E-state index >= 15 is 0 Å². The van der Waals surface area contributed by atoms with Crippen molar-refractivity contribution in [3.8, 4) is 0 Å². The van der Waals surface area contributed by atoms with Gasteiger partial charge >= 0.3 is 69.5 Å². The summed E-state index contributed by atoms with van der Waals surface area (Å²) in [6, 6.07) is 0. The number of hydrogen-bond donors (Lipinski definition) is 2. The molecule has 0 saturated heterocycles. The van der Waals surface area contributed by atoms with Crippen LogP contribution < -0.4 is 0 Å². The number of aliphatic hydroxyl groups excluding tert-OH is 2. The molecule has 0 aliphatic carbocycles. The Balaban J connectivity index is 0. The summed E-state index contributed by atoms with van der Waals surface area (Å²) in [6.45, 7) is 7.64. The van der Waals surface area contributed by atoms with Crippen molar-refractivity contribution >= 4 is 21.1 Å². The van der Waals surface area contributed by atoms with Crippen molar-refractivity contribution in [3.63, 3.8) is 0 Å². The van der Waals surface area contributed by atoms with Crippen molar-refractivity contribution in [1.82, 2.24) is 0 Å². The maximum absolute atomic E-state index is 8.08. The van der Waals surface area contributed by atoms with Gasteiger partial charge in [-0.15, -0.1) is 0 Å². The van der Waals surface area contributed by atoms with E-state index in [0.29, 0.717) is 5.57 Å². The van der Waals surface area contributed by atoms with Crippen molar-refractivity contribution in [2.75, 3.05) is 13.2 Å². The van der Waals surface area contributed by atoms with Crippen LogP contribution in [0.2, 0.25) is 8.87 Å². The fourth-order valence-electron chi connectivity index (χ4n) is 0.779. The van der Waals surface area contributed by atoms with Crippen molar-refractivity contribution in [2.45, 2.75) is 48.4 Å². The van der Waals surface area contributed by atoms with Crippen LogP contribution in [0.15, 0.2) is 12.2 Å². The van der Waals surface area contributed by atoms with Crippen LogP contribution in [0, 0.1) is 0 Å². The average Bonchev–Trinajstić information content (AvgIpc) is 2.29. The van der Waals surface area contributed by atoms with Gasteiger partial charge in [-0.25, -0.2) is 0 Å². The van der Waals surface area contributed by atoms with Crippen LogP contribution in [-0.4, -0.2) is 44.6 Å². The summed E-state index contributed by atoms with van der Waals surface area (Å²) in [4.78, 5) is 0. The molecule has 0 spiro atoms. The minimum atomic E-state index is -0.115. The molecule has 0 unspecified atom stereocenters. The topological polar surface area (TPSA) is 40.5 Å². The fourth-order valence-corrected chi connectivity index (χ4v) is 4.94. The molecule has 0 amide bonds. The van der Waals surface area contributed by atoms with Crippen LogP contribution in [-0.2, 0) is 0 Å². The first-order valence-electron chi connectivity index (χ1n) is 5.81. The van der Waals surface area contributed by atoms with Crippen LogP contribution in [0.4, 0.5) is 0 Å². The van der Waals surface area contributed by atoms with E-state index in [1.807, 2.05) is 0 Å².